The van der Waals surface area contributed by atoms with Crippen LogP contribution in [0.2, 0.25) is 0 Å². The van der Waals surface area contributed by atoms with Gasteiger partial charge in [-0.25, -0.2) is 4.79 Å². The van der Waals surface area contributed by atoms with E-state index in [0.29, 0.717) is 5.69 Å². The van der Waals surface area contributed by atoms with Crippen molar-refractivity contribution in [3.8, 4) is 0 Å². The van der Waals surface area contributed by atoms with Gasteiger partial charge in [-0.1, -0.05) is 0 Å². The van der Waals surface area contributed by atoms with E-state index < -0.39 is 11.4 Å². The van der Waals surface area contributed by atoms with Crippen molar-refractivity contribution in [1.82, 2.24) is 4.57 Å². The second kappa shape index (κ2) is 4.06. The van der Waals surface area contributed by atoms with Gasteiger partial charge >= 0.3 is 5.97 Å². The molecule has 0 aliphatic carbocycles. The van der Waals surface area contributed by atoms with Crippen LogP contribution in [0, 0.1) is 6.92 Å². The second-order valence-corrected chi connectivity index (χ2v) is 2.91. The van der Waals surface area contributed by atoms with Crippen LogP contribution in [0.4, 0.5) is 0 Å². The summed E-state index contributed by atoms with van der Waals surface area (Å²) >= 11 is 0. The van der Waals surface area contributed by atoms with Crippen LogP contribution in [-0.2, 0) is 6.54 Å². The van der Waals surface area contributed by atoms with Crippen LogP contribution in [0.25, 0.3) is 0 Å². The lowest BCUT2D eigenvalue weighted by Gasteiger charge is -2.08. The van der Waals surface area contributed by atoms with E-state index in [-0.39, 0.29) is 18.7 Å². The fraction of sp³-hybridized carbons (Fsp3) is 0.333. The third-order valence-corrected chi connectivity index (χ3v) is 1.91. The molecule has 5 heteroatoms. The molecular weight excluding hydrogens is 186 g/mol. The van der Waals surface area contributed by atoms with Gasteiger partial charge in [0.2, 0.25) is 0 Å². The molecule has 14 heavy (non-hydrogen) atoms. The largest absolute Gasteiger partial charge is 0.477 e. The summed E-state index contributed by atoms with van der Waals surface area (Å²) in [5.41, 5.74) is -0.151. The second-order valence-electron chi connectivity index (χ2n) is 2.91. The van der Waals surface area contributed by atoms with Crippen LogP contribution < -0.4 is 5.43 Å². The van der Waals surface area contributed by atoms with Gasteiger partial charge in [-0.15, -0.1) is 0 Å². The molecule has 1 aromatic heterocycles. The zero-order chi connectivity index (χ0) is 10.7. The Morgan fingerprint density at radius 1 is 1.57 bits per heavy atom. The quantitative estimate of drug-likeness (QED) is 0.706. The van der Waals surface area contributed by atoms with Gasteiger partial charge in [0, 0.05) is 24.5 Å². The van der Waals surface area contributed by atoms with Gasteiger partial charge in [-0.3, -0.25) is 4.79 Å². The SMILES string of the molecule is Cc1cc(=O)c(C(=O)O)cn1CCO. The number of aryl methyl sites for hydroxylation is 1. The van der Waals surface area contributed by atoms with E-state index in [1.165, 1.54) is 16.8 Å². The number of aliphatic hydroxyl groups is 1. The van der Waals surface area contributed by atoms with E-state index in [0.717, 1.165) is 0 Å². The van der Waals surface area contributed by atoms with Crippen LogP contribution in [-0.4, -0.2) is 27.4 Å². The predicted octanol–water partition coefficient (Wildman–Crippen LogP) is -0.153. The third-order valence-electron chi connectivity index (χ3n) is 1.91. The minimum absolute atomic E-state index is 0.0945. The molecule has 1 heterocycles. The van der Waals surface area contributed by atoms with Gasteiger partial charge in [0.15, 0.2) is 5.43 Å². The van der Waals surface area contributed by atoms with Crippen molar-refractivity contribution in [2.75, 3.05) is 6.61 Å². The van der Waals surface area contributed by atoms with Crippen LogP contribution in [0.1, 0.15) is 16.1 Å². The van der Waals surface area contributed by atoms with Gasteiger partial charge in [-0.2, -0.15) is 0 Å². The first-order valence-corrected chi connectivity index (χ1v) is 4.11. The topological polar surface area (TPSA) is 79.5 Å². The number of rotatable bonds is 3. The number of carboxylic acids is 1. The molecule has 0 aliphatic rings. The van der Waals surface area contributed by atoms with Crippen molar-refractivity contribution >= 4 is 5.97 Å². The summed E-state index contributed by atoms with van der Waals surface area (Å²) < 4.78 is 1.53. The number of aromatic carboxylic acids is 1. The molecule has 1 aromatic rings. The highest BCUT2D eigenvalue weighted by atomic mass is 16.4. The number of aliphatic hydroxyl groups excluding tert-OH is 1. The number of carboxylic acid groups (broad SMARTS) is 1. The van der Waals surface area contributed by atoms with Gasteiger partial charge in [0.25, 0.3) is 0 Å². The molecule has 0 unspecified atom stereocenters. The minimum atomic E-state index is -1.25. The first-order valence-electron chi connectivity index (χ1n) is 4.11. The Kier molecular flexibility index (Phi) is 3.03. The van der Waals surface area contributed by atoms with Crippen molar-refractivity contribution in [1.29, 1.82) is 0 Å². The number of hydrogen-bond acceptors (Lipinski definition) is 3. The summed E-state index contributed by atoms with van der Waals surface area (Å²) in [5, 5.41) is 17.4. The first-order chi connectivity index (χ1) is 6.56. The highest BCUT2D eigenvalue weighted by Gasteiger charge is 2.09. The number of nitrogens with zero attached hydrogens (tertiary/aromatic N) is 1. The van der Waals surface area contributed by atoms with Crippen LogP contribution in [0.3, 0.4) is 0 Å². The molecule has 5 nitrogen and oxygen atoms in total. The van der Waals surface area contributed by atoms with Gasteiger partial charge in [-0.05, 0) is 6.92 Å². The van der Waals surface area contributed by atoms with E-state index in [1.54, 1.807) is 6.92 Å². The third kappa shape index (κ3) is 2.00. The Hall–Kier alpha value is -1.62. The summed E-state index contributed by atoms with van der Waals surface area (Å²) in [7, 11) is 0. The molecule has 0 aromatic carbocycles. The lowest BCUT2D eigenvalue weighted by molar-refractivity contribution is 0.0694. The predicted molar refractivity (Wildman–Crippen MR) is 49.5 cm³/mol. The molecule has 0 amide bonds. The van der Waals surface area contributed by atoms with Gasteiger partial charge in [0.05, 0.1) is 6.61 Å². The van der Waals surface area contributed by atoms with E-state index in [1.807, 2.05) is 0 Å². The summed E-state index contributed by atoms with van der Waals surface area (Å²) in [4.78, 5) is 21.8. The molecule has 0 atom stereocenters. The molecule has 0 bridgehead atoms. The zero-order valence-corrected chi connectivity index (χ0v) is 7.73. The fourth-order valence-corrected chi connectivity index (χ4v) is 1.18. The maximum absolute atomic E-state index is 11.2. The average molecular weight is 197 g/mol. The van der Waals surface area contributed by atoms with Crippen LogP contribution >= 0.6 is 0 Å². The van der Waals surface area contributed by atoms with Crippen molar-refractivity contribution in [2.24, 2.45) is 0 Å². The average Bonchev–Trinajstić information content (AvgIpc) is 2.09. The summed E-state index contributed by atoms with van der Waals surface area (Å²) in [6.07, 6.45) is 1.25. The lowest BCUT2D eigenvalue weighted by Crippen LogP contribution is -2.19. The van der Waals surface area contributed by atoms with E-state index in [4.69, 9.17) is 10.2 Å². The standard InChI is InChI=1S/C9H11NO4/c1-6-4-8(12)7(9(13)14)5-10(6)2-3-11/h4-5,11H,2-3H2,1H3,(H,13,14). The van der Waals surface area contributed by atoms with E-state index in [9.17, 15) is 9.59 Å². The number of carbonyl (C=O) groups is 1. The number of aromatic nitrogens is 1. The molecule has 0 radical (unpaired) electrons. The lowest BCUT2D eigenvalue weighted by atomic mass is 10.2. The Bertz CT molecular complexity index is 408. The molecule has 2 N–H and O–H groups in total. The normalized spacial score (nSPS) is 10.1. The highest BCUT2D eigenvalue weighted by Crippen LogP contribution is 1.99. The Labute approximate surface area is 80.2 Å². The smallest absolute Gasteiger partial charge is 0.341 e. The van der Waals surface area contributed by atoms with Crippen molar-refractivity contribution in [3.63, 3.8) is 0 Å². The van der Waals surface area contributed by atoms with Crippen LogP contribution in [0.5, 0.6) is 0 Å². The zero-order valence-electron chi connectivity index (χ0n) is 7.73. The van der Waals surface area contributed by atoms with Crippen molar-refractivity contribution in [2.45, 2.75) is 13.5 Å². The van der Waals surface area contributed by atoms with E-state index in [2.05, 4.69) is 0 Å². The summed E-state index contributed by atoms with van der Waals surface area (Å²) in [6, 6.07) is 1.25. The summed E-state index contributed by atoms with van der Waals surface area (Å²) in [5.74, 6) is -1.25. The van der Waals surface area contributed by atoms with Crippen molar-refractivity contribution < 1.29 is 15.0 Å². The Balaban J connectivity index is 3.27. The maximum atomic E-state index is 11.2. The Morgan fingerprint density at radius 2 is 2.21 bits per heavy atom. The number of pyridine rings is 1. The highest BCUT2D eigenvalue weighted by molar-refractivity contribution is 5.87. The maximum Gasteiger partial charge on any atom is 0.341 e. The fourth-order valence-electron chi connectivity index (χ4n) is 1.18. The molecule has 0 spiro atoms. The summed E-state index contributed by atoms with van der Waals surface area (Å²) in [6.45, 7) is 1.87. The first kappa shape index (κ1) is 10.5. The van der Waals surface area contributed by atoms with Crippen molar-refractivity contribution in [3.05, 3.63) is 33.7 Å². The Morgan fingerprint density at radius 3 is 2.71 bits per heavy atom. The molecule has 0 saturated carbocycles. The number of hydrogen-bond donors (Lipinski definition) is 2. The van der Waals surface area contributed by atoms with Gasteiger partial charge < -0.3 is 14.8 Å². The molecule has 0 aliphatic heterocycles. The molecule has 1 rings (SSSR count). The minimum Gasteiger partial charge on any atom is -0.477 e. The monoisotopic (exact) mass is 197 g/mol. The molecule has 0 saturated heterocycles. The van der Waals surface area contributed by atoms with Gasteiger partial charge in [0.1, 0.15) is 5.56 Å². The molecular formula is C9H11NO4. The molecule has 0 fully saturated rings. The van der Waals surface area contributed by atoms with E-state index >= 15 is 0 Å². The van der Waals surface area contributed by atoms with Crippen LogP contribution in [0.15, 0.2) is 17.1 Å². The molecule has 76 valence electrons.